The molecule has 4 rings (SSSR count). The number of alkyl halides is 1. The number of halogens is 2. The minimum atomic E-state index is -0.865. The predicted molar refractivity (Wildman–Crippen MR) is 81.9 cm³/mol. The maximum atomic E-state index is 13.3. The number of benzene rings is 1. The van der Waals surface area contributed by atoms with Gasteiger partial charge in [0.1, 0.15) is 23.3 Å². The number of hydrogen-bond donors (Lipinski definition) is 0. The smallest absolute Gasteiger partial charge is 0.276 e. The number of hydrogen-bond acceptors (Lipinski definition) is 2. The highest BCUT2D eigenvalue weighted by atomic mass is 19.1. The van der Waals surface area contributed by atoms with Crippen LogP contribution in [0.25, 0.3) is 5.52 Å². The van der Waals surface area contributed by atoms with Crippen LogP contribution in [0.3, 0.4) is 0 Å². The Morgan fingerprint density at radius 2 is 2.17 bits per heavy atom. The van der Waals surface area contributed by atoms with Crippen molar-refractivity contribution < 1.29 is 8.78 Å². The Hall–Kier alpha value is -2.50. The highest BCUT2D eigenvalue weighted by molar-refractivity contribution is 5.46. The number of fused-ring (bicyclic) bond motifs is 1. The van der Waals surface area contributed by atoms with Crippen molar-refractivity contribution in [3.8, 4) is 0 Å². The highest BCUT2D eigenvalue weighted by Crippen LogP contribution is 2.42. The Labute approximate surface area is 131 Å². The van der Waals surface area contributed by atoms with Crippen molar-refractivity contribution in [3.63, 3.8) is 0 Å². The Morgan fingerprint density at radius 1 is 1.39 bits per heavy atom. The van der Waals surface area contributed by atoms with E-state index in [-0.39, 0.29) is 23.8 Å². The highest BCUT2D eigenvalue weighted by Gasteiger charge is 2.42. The third kappa shape index (κ3) is 2.34. The second-order valence-corrected chi connectivity index (χ2v) is 6.02. The van der Waals surface area contributed by atoms with Crippen LogP contribution in [0.1, 0.15) is 29.4 Å². The van der Waals surface area contributed by atoms with Gasteiger partial charge in [-0.05, 0) is 31.0 Å². The quantitative estimate of drug-likeness (QED) is 0.745. The predicted octanol–water partition coefficient (Wildman–Crippen LogP) is 2.82. The van der Waals surface area contributed by atoms with Gasteiger partial charge in [-0.2, -0.15) is 0 Å². The van der Waals surface area contributed by atoms with Crippen LogP contribution in [0.5, 0.6) is 0 Å². The van der Waals surface area contributed by atoms with Crippen LogP contribution >= 0.6 is 0 Å². The van der Waals surface area contributed by atoms with E-state index in [2.05, 4.69) is 4.98 Å². The molecule has 0 spiro atoms. The average molecular weight is 315 g/mol. The second-order valence-electron chi connectivity index (χ2n) is 6.02. The number of aromatic nitrogens is 3. The standard InChI is InChI=1S/C17H15F2N3O/c1-10-8-22-15(7-20-16(22)13-6-14(13)19)17(23)21(10)9-11-3-2-4-12(18)5-11/h2-5,7-8,13-14H,6,9H2,1H3/t13?,14-/m0/s1. The summed E-state index contributed by atoms with van der Waals surface area (Å²) in [6.45, 7) is 2.10. The van der Waals surface area contributed by atoms with Gasteiger partial charge in [0.2, 0.25) is 0 Å². The monoisotopic (exact) mass is 315 g/mol. The molecule has 1 unspecified atom stereocenters. The lowest BCUT2D eigenvalue weighted by Gasteiger charge is -2.12. The molecule has 4 nitrogen and oxygen atoms in total. The molecule has 1 aromatic carbocycles. The molecule has 0 N–H and O–H groups in total. The van der Waals surface area contributed by atoms with Crippen molar-refractivity contribution >= 4 is 5.52 Å². The maximum Gasteiger partial charge on any atom is 0.276 e. The minimum absolute atomic E-state index is 0.205. The van der Waals surface area contributed by atoms with Crippen molar-refractivity contribution in [2.45, 2.75) is 32.0 Å². The molecule has 0 aliphatic heterocycles. The number of imidazole rings is 1. The van der Waals surface area contributed by atoms with Crippen LogP contribution in [0.15, 0.2) is 41.5 Å². The number of rotatable bonds is 3. The summed E-state index contributed by atoms with van der Waals surface area (Å²) in [5, 5.41) is 0. The van der Waals surface area contributed by atoms with E-state index in [1.807, 2.05) is 6.92 Å². The molecule has 2 atom stereocenters. The zero-order chi connectivity index (χ0) is 16.1. The zero-order valence-electron chi connectivity index (χ0n) is 12.5. The fourth-order valence-corrected chi connectivity index (χ4v) is 2.94. The minimum Gasteiger partial charge on any atom is -0.305 e. The molecule has 3 aromatic rings. The molecule has 118 valence electrons. The molecule has 1 aliphatic carbocycles. The number of aryl methyl sites for hydroxylation is 1. The van der Waals surface area contributed by atoms with Gasteiger partial charge in [-0.1, -0.05) is 12.1 Å². The first-order valence-corrected chi connectivity index (χ1v) is 7.50. The Bertz CT molecular complexity index is 960. The maximum absolute atomic E-state index is 13.3. The van der Waals surface area contributed by atoms with E-state index in [9.17, 15) is 13.6 Å². The summed E-state index contributed by atoms with van der Waals surface area (Å²) in [7, 11) is 0. The van der Waals surface area contributed by atoms with E-state index in [1.54, 1.807) is 27.3 Å². The summed E-state index contributed by atoms with van der Waals surface area (Å²) < 4.78 is 29.9. The normalized spacial score (nSPS) is 20.1. The van der Waals surface area contributed by atoms with Crippen molar-refractivity contribution in [1.29, 1.82) is 0 Å². The molecule has 23 heavy (non-hydrogen) atoms. The molecule has 0 radical (unpaired) electrons. The van der Waals surface area contributed by atoms with Crippen molar-refractivity contribution in [1.82, 2.24) is 14.0 Å². The average Bonchev–Trinajstić information content (AvgIpc) is 3.07. The largest absolute Gasteiger partial charge is 0.305 e. The summed E-state index contributed by atoms with van der Waals surface area (Å²) in [4.78, 5) is 16.9. The zero-order valence-corrected chi connectivity index (χ0v) is 12.5. The molecule has 1 fully saturated rings. The van der Waals surface area contributed by atoms with E-state index < -0.39 is 6.17 Å². The van der Waals surface area contributed by atoms with Gasteiger partial charge in [-0.3, -0.25) is 9.20 Å². The van der Waals surface area contributed by atoms with Crippen molar-refractivity contribution in [3.05, 3.63) is 69.9 Å². The third-order valence-corrected chi connectivity index (χ3v) is 4.31. The SMILES string of the molecule is Cc1cn2c(C3C[C@@H]3F)ncc2c(=O)n1Cc1cccc(F)c1. The van der Waals surface area contributed by atoms with Crippen LogP contribution in [-0.4, -0.2) is 20.1 Å². The van der Waals surface area contributed by atoms with Crippen molar-refractivity contribution in [2.24, 2.45) is 0 Å². The van der Waals surface area contributed by atoms with Gasteiger partial charge in [-0.25, -0.2) is 13.8 Å². The molecular formula is C17H15F2N3O. The van der Waals surface area contributed by atoms with Gasteiger partial charge < -0.3 is 4.57 Å². The van der Waals surface area contributed by atoms with Gasteiger partial charge in [0.25, 0.3) is 5.56 Å². The van der Waals surface area contributed by atoms with E-state index in [4.69, 9.17) is 0 Å². The van der Waals surface area contributed by atoms with Crippen LogP contribution < -0.4 is 5.56 Å². The fourth-order valence-electron chi connectivity index (χ4n) is 2.94. The summed E-state index contributed by atoms with van der Waals surface area (Å²) in [5.74, 6) is 0.0598. The molecule has 0 saturated heterocycles. The molecule has 2 heterocycles. The lowest BCUT2D eigenvalue weighted by Crippen LogP contribution is -2.25. The van der Waals surface area contributed by atoms with Gasteiger partial charge in [-0.15, -0.1) is 0 Å². The number of nitrogens with zero attached hydrogens (tertiary/aromatic N) is 3. The van der Waals surface area contributed by atoms with E-state index >= 15 is 0 Å². The molecular weight excluding hydrogens is 300 g/mol. The molecule has 0 amide bonds. The lowest BCUT2D eigenvalue weighted by molar-refractivity contribution is 0.464. The van der Waals surface area contributed by atoms with Crippen LogP contribution in [0.4, 0.5) is 8.78 Å². The van der Waals surface area contributed by atoms with E-state index in [0.29, 0.717) is 23.3 Å². The third-order valence-electron chi connectivity index (χ3n) is 4.31. The lowest BCUT2D eigenvalue weighted by atomic mass is 10.2. The Balaban J connectivity index is 1.80. The van der Waals surface area contributed by atoms with Crippen LogP contribution in [-0.2, 0) is 6.54 Å². The van der Waals surface area contributed by atoms with E-state index in [0.717, 1.165) is 5.69 Å². The summed E-state index contributed by atoms with van der Waals surface area (Å²) in [6, 6.07) is 6.18. The molecule has 6 heteroatoms. The van der Waals surface area contributed by atoms with Crippen molar-refractivity contribution in [2.75, 3.05) is 0 Å². The van der Waals surface area contributed by atoms with E-state index in [1.165, 1.54) is 18.3 Å². The molecule has 2 aromatic heterocycles. The van der Waals surface area contributed by atoms with Gasteiger partial charge in [0, 0.05) is 11.9 Å². The van der Waals surface area contributed by atoms with Gasteiger partial charge in [0.05, 0.1) is 18.7 Å². The second kappa shape index (κ2) is 5.01. The van der Waals surface area contributed by atoms with Crippen LogP contribution in [0, 0.1) is 12.7 Å². The molecule has 1 saturated carbocycles. The molecule has 1 aliphatic rings. The topological polar surface area (TPSA) is 39.3 Å². The van der Waals surface area contributed by atoms with Crippen LogP contribution in [0.2, 0.25) is 0 Å². The fraction of sp³-hybridized carbons (Fsp3) is 0.294. The van der Waals surface area contributed by atoms with Gasteiger partial charge in [0.15, 0.2) is 0 Å². The summed E-state index contributed by atoms with van der Waals surface area (Å²) >= 11 is 0. The first-order valence-electron chi connectivity index (χ1n) is 7.50. The summed E-state index contributed by atoms with van der Waals surface area (Å²) in [5.41, 5.74) is 1.65. The Morgan fingerprint density at radius 3 is 2.87 bits per heavy atom. The molecule has 0 bridgehead atoms. The summed E-state index contributed by atoms with van der Waals surface area (Å²) in [6.07, 6.45) is 2.88. The van der Waals surface area contributed by atoms with Gasteiger partial charge >= 0.3 is 0 Å². The first kappa shape index (κ1) is 14.1. The Kier molecular flexibility index (Phi) is 3.07. The first-order chi connectivity index (χ1) is 11.0.